The van der Waals surface area contributed by atoms with E-state index in [9.17, 15) is 9.90 Å². The van der Waals surface area contributed by atoms with Crippen LogP contribution >= 0.6 is 0 Å². The first-order valence-electron chi connectivity index (χ1n) is 6.49. The van der Waals surface area contributed by atoms with Gasteiger partial charge in [-0.3, -0.25) is 0 Å². The Morgan fingerprint density at radius 1 is 1.29 bits per heavy atom. The second-order valence-corrected chi connectivity index (χ2v) is 5.58. The number of allylic oxidation sites excluding steroid dienone is 1. The Morgan fingerprint density at radius 2 is 1.86 bits per heavy atom. The van der Waals surface area contributed by atoms with E-state index in [0.29, 0.717) is 23.5 Å². The molecule has 5 heteroatoms. The molecule has 0 heterocycles. The lowest BCUT2D eigenvalue weighted by atomic mass is 9.86. The second kappa shape index (κ2) is 5.13. The maximum absolute atomic E-state index is 11.3. The molecule has 0 atom stereocenters. The summed E-state index contributed by atoms with van der Waals surface area (Å²) in [5.74, 6) is -0.0838. The van der Waals surface area contributed by atoms with Crippen LogP contribution in [0.2, 0.25) is 0 Å². The topological polar surface area (TPSA) is 79.5 Å². The molecule has 1 aromatic rings. The van der Waals surface area contributed by atoms with Crippen molar-refractivity contribution >= 4 is 11.5 Å². The third kappa shape index (κ3) is 2.33. The van der Waals surface area contributed by atoms with E-state index in [-0.39, 0.29) is 11.0 Å². The van der Waals surface area contributed by atoms with Gasteiger partial charge in [0.15, 0.2) is 11.5 Å². The zero-order valence-electron chi connectivity index (χ0n) is 12.5. The van der Waals surface area contributed by atoms with Gasteiger partial charge in [0, 0.05) is 0 Å². The number of nitrogens with zero attached hydrogens (tertiary/aromatic N) is 1. The molecule has 0 radical (unpaired) electrons. The molecular formula is C16H17NO4. The van der Waals surface area contributed by atoms with Crippen LogP contribution in [-0.2, 0) is 10.2 Å². The van der Waals surface area contributed by atoms with Gasteiger partial charge >= 0.3 is 5.97 Å². The predicted molar refractivity (Wildman–Crippen MR) is 77.4 cm³/mol. The Bertz CT molecular complexity index is 680. The van der Waals surface area contributed by atoms with E-state index in [1.807, 2.05) is 19.9 Å². The van der Waals surface area contributed by atoms with Crippen molar-refractivity contribution < 1.29 is 19.4 Å². The molecule has 0 saturated heterocycles. The van der Waals surface area contributed by atoms with Gasteiger partial charge in [-0.1, -0.05) is 13.8 Å². The van der Waals surface area contributed by atoms with Gasteiger partial charge in [0.25, 0.3) is 0 Å². The lowest BCUT2D eigenvalue weighted by Gasteiger charge is -2.19. The lowest BCUT2D eigenvalue weighted by Crippen LogP contribution is -2.12. The number of methoxy groups -OCH3 is 2. The highest BCUT2D eigenvalue weighted by Crippen LogP contribution is 2.50. The predicted octanol–water partition coefficient (Wildman–Crippen LogP) is 2.75. The minimum atomic E-state index is -1.20. The van der Waals surface area contributed by atoms with Crippen molar-refractivity contribution in [2.24, 2.45) is 0 Å². The quantitative estimate of drug-likeness (QED) is 0.683. The Labute approximate surface area is 123 Å². The Balaban J connectivity index is 2.79. The van der Waals surface area contributed by atoms with Crippen LogP contribution in [-0.4, -0.2) is 25.3 Å². The molecule has 0 spiro atoms. The molecule has 1 aromatic carbocycles. The van der Waals surface area contributed by atoms with Crippen LogP contribution in [0, 0.1) is 11.3 Å². The molecule has 21 heavy (non-hydrogen) atoms. The summed E-state index contributed by atoms with van der Waals surface area (Å²) in [6.45, 7) is 4.03. The minimum Gasteiger partial charge on any atom is -0.493 e. The van der Waals surface area contributed by atoms with E-state index in [1.165, 1.54) is 7.11 Å². The maximum Gasteiger partial charge on any atom is 0.346 e. The molecule has 0 saturated carbocycles. The molecule has 0 bridgehead atoms. The van der Waals surface area contributed by atoms with Gasteiger partial charge in [-0.2, -0.15) is 5.26 Å². The second-order valence-electron chi connectivity index (χ2n) is 5.58. The van der Waals surface area contributed by atoms with Crippen molar-refractivity contribution in [3.05, 3.63) is 28.8 Å². The fraction of sp³-hybridized carbons (Fsp3) is 0.375. The van der Waals surface area contributed by atoms with Gasteiger partial charge in [-0.05, 0) is 40.7 Å². The van der Waals surface area contributed by atoms with Gasteiger partial charge < -0.3 is 14.6 Å². The summed E-state index contributed by atoms with van der Waals surface area (Å²) >= 11 is 0. The number of aliphatic carboxylic acids is 1. The summed E-state index contributed by atoms with van der Waals surface area (Å²) in [5.41, 5.74) is 1.78. The number of ether oxygens (including phenoxy) is 2. The highest BCUT2D eigenvalue weighted by Gasteiger charge is 2.37. The summed E-state index contributed by atoms with van der Waals surface area (Å²) in [5, 5.41) is 18.4. The number of rotatable bonds is 3. The Morgan fingerprint density at radius 3 is 2.33 bits per heavy atom. The smallest absolute Gasteiger partial charge is 0.346 e. The standard InChI is InChI=1S/C16H17NO4/c1-16(2)7-10(11(8-17)15(18)19)9-5-13(20-3)14(21-4)6-12(9)16/h5-6H,7H2,1-4H3,(H,18,19). The number of carboxylic acid groups (broad SMARTS) is 1. The first-order valence-corrected chi connectivity index (χ1v) is 6.49. The van der Waals surface area contributed by atoms with Crippen molar-refractivity contribution in [2.75, 3.05) is 14.2 Å². The van der Waals surface area contributed by atoms with Crippen LogP contribution in [0.25, 0.3) is 5.57 Å². The first kappa shape index (κ1) is 14.9. The SMILES string of the molecule is COc1cc2c(cc1OC)C(C)(C)CC2=C(C#N)C(=O)O. The molecule has 110 valence electrons. The van der Waals surface area contributed by atoms with Crippen LogP contribution in [0.1, 0.15) is 31.4 Å². The summed E-state index contributed by atoms with van der Waals surface area (Å²) in [6.07, 6.45) is 0.494. The van der Waals surface area contributed by atoms with E-state index in [0.717, 1.165) is 11.1 Å². The van der Waals surface area contributed by atoms with Gasteiger partial charge in [-0.25, -0.2) is 4.79 Å². The van der Waals surface area contributed by atoms with Crippen molar-refractivity contribution in [3.8, 4) is 17.6 Å². The maximum atomic E-state index is 11.3. The lowest BCUT2D eigenvalue weighted by molar-refractivity contribution is -0.132. The summed E-state index contributed by atoms with van der Waals surface area (Å²) in [6, 6.07) is 5.40. The molecule has 1 aliphatic carbocycles. The highest BCUT2D eigenvalue weighted by molar-refractivity contribution is 6.02. The van der Waals surface area contributed by atoms with Crippen molar-refractivity contribution in [3.63, 3.8) is 0 Å². The number of carbonyl (C=O) groups is 1. The normalized spacial score (nSPS) is 17.7. The van der Waals surface area contributed by atoms with E-state index < -0.39 is 5.97 Å². The summed E-state index contributed by atoms with van der Waals surface area (Å²) in [7, 11) is 3.08. The van der Waals surface area contributed by atoms with Crippen molar-refractivity contribution in [1.82, 2.24) is 0 Å². The Kier molecular flexibility index (Phi) is 3.65. The number of fused-ring (bicyclic) bond motifs is 1. The molecule has 1 N–H and O–H groups in total. The molecule has 0 amide bonds. The molecule has 2 rings (SSSR count). The Hall–Kier alpha value is -2.48. The largest absolute Gasteiger partial charge is 0.493 e. The average Bonchev–Trinajstić information content (AvgIpc) is 2.69. The van der Waals surface area contributed by atoms with Gasteiger partial charge in [0.1, 0.15) is 11.6 Å². The third-order valence-corrected chi connectivity index (χ3v) is 3.82. The van der Waals surface area contributed by atoms with E-state index >= 15 is 0 Å². The molecule has 5 nitrogen and oxygen atoms in total. The first-order chi connectivity index (χ1) is 9.85. The average molecular weight is 287 g/mol. The monoisotopic (exact) mass is 287 g/mol. The number of nitriles is 1. The van der Waals surface area contributed by atoms with Crippen LogP contribution in [0.3, 0.4) is 0 Å². The number of hydrogen-bond donors (Lipinski definition) is 1. The number of benzene rings is 1. The fourth-order valence-corrected chi connectivity index (χ4v) is 2.79. The molecule has 0 unspecified atom stereocenters. The van der Waals surface area contributed by atoms with Crippen LogP contribution in [0.4, 0.5) is 0 Å². The van der Waals surface area contributed by atoms with E-state index in [4.69, 9.17) is 14.7 Å². The summed E-state index contributed by atoms with van der Waals surface area (Å²) < 4.78 is 10.6. The van der Waals surface area contributed by atoms with Crippen LogP contribution in [0.5, 0.6) is 11.5 Å². The van der Waals surface area contributed by atoms with Crippen LogP contribution in [0.15, 0.2) is 17.7 Å². The molecule has 1 aliphatic rings. The minimum absolute atomic E-state index is 0.214. The van der Waals surface area contributed by atoms with Crippen molar-refractivity contribution in [1.29, 1.82) is 5.26 Å². The van der Waals surface area contributed by atoms with Gasteiger partial charge in [0.2, 0.25) is 0 Å². The van der Waals surface area contributed by atoms with Crippen molar-refractivity contribution in [2.45, 2.75) is 25.7 Å². The molecule has 0 aromatic heterocycles. The van der Waals surface area contributed by atoms with Gasteiger partial charge in [-0.15, -0.1) is 0 Å². The number of hydrogen-bond acceptors (Lipinski definition) is 4. The van der Waals surface area contributed by atoms with Gasteiger partial charge in [0.05, 0.1) is 14.2 Å². The van der Waals surface area contributed by atoms with E-state index in [2.05, 4.69) is 0 Å². The highest BCUT2D eigenvalue weighted by atomic mass is 16.5. The molecular weight excluding hydrogens is 270 g/mol. The third-order valence-electron chi connectivity index (χ3n) is 3.82. The number of carboxylic acids is 1. The zero-order chi connectivity index (χ0) is 15.8. The van der Waals surface area contributed by atoms with E-state index in [1.54, 1.807) is 19.2 Å². The van der Waals surface area contributed by atoms with Crippen LogP contribution < -0.4 is 9.47 Å². The molecule has 0 fully saturated rings. The fourth-order valence-electron chi connectivity index (χ4n) is 2.79. The zero-order valence-corrected chi connectivity index (χ0v) is 12.5. The molecule has 0 aliphatic heterocycles. The summed E-state index contributed by atoms with van der Waals surface area (Å²) in [4.78, 5) is 11.3.